The Labute approximate surface area is 123 Å². The van der Waals surface area contributed by atoms with Gasteiger partial charge in [0.05, 0.1) is 11.6 Å². The van der Waals surface area contributed by atoms with Crippen molar-refractivity contribution in [1.29, 1.82) is 5.26 Å². The Morgan fingerprint density at radius 1 is 1.52 bits per heavy atom. The van der Waals surface area contributed by atoms with Crippen LogP contribution in [0.25, 0.3) is 0 Å². The number of urea groups is 1. The Kier molecular flexibility index (Phi) is 4.43. The maximum Gasteiger partial charge on any atom is 0.322 e. The first-order valence-corrected chi connectivity index (χ1v) is 6.88. The number of nitrogens with one attached hydrogen (secondary N) is 2. The quantitative estimate of drug-likeness (QED) is 0.865. The lowest BCUT2D eigenvalue weighted by Gasteiger charge is -2.37. The highest BCUT2D eigenvalue weighted by molar-refractivity contribution is 5.94. The van der Waals surface area contributed by atoms with E-state index in [2.05, 4.69) is 10.6 Å². The average Bonchev–Trinajstić information content (AvgIpc) is 2.46. The third kappa shape index (κ3) is 3.31. The second kappa shape index (κ2) is 6.27. The van der Waals surface area contributed by atoms with Crippen molar-refractivity contribution in [1.82, 2.24) is 10.2 Å². The molecule has 0 aliphatic carbocycles. The number of piperazine rings is 1. The van der Waals surface area contributed by atoms with E-state index in [0.717, 1.165) is 0 Å². The van der Waals surface area contributed by atoms with Crippen molar-refractivity contribution in [3.05, 3.63) is 29.8 Å². The Hall–Kier alpha value is -2.55. The first kappa shape index (κ1) is 14.9. The van der Waals surface area contributed by atoms with Gasteiger partial charge in [-0.15, -0.1) is 0 Å². The van der Waals surface area contributed by atoms with Crippen LogP contribution in [0, 0.1) is 17.2 Å². The fourth-order valence-corrected chi connectivity index (χ4v) is 2.44. The normalized spacial score (nSPS) is 18.1. The molecule has 0 radical (unpaired) electrons. The summed E-state index contributed by atoms with van der Waals surface area (Å²) in [6.07, 6.45) is 0. The maximum atomic E-state index is 12.4. The van der Waals surface area contributed by atoms with Crippen LogP contribution >= 0.6 is 0 Å². The molecule has 1 aromatic rings. The van der Waals surface area contributed by atoms with Crippen LogP contribution in [0.4, 0.5) is 10.5 Å². The molecule has 1 atom stereocenters. The molecule has 110 valence electrons. The molecule has 0 aromatic heterocycles. The lowest BCUT2D eigenvalue weighted by atomic mass is 10.00. The molecule has 0 unspecified atom stereocenters. The van der Waals surface area contributed by atoms with Gasteiger partial charge in [0, 0.05) is 18.8 Å². The highest BCUT2D eigenvalue weighted by Crippen LogP contribution is 2.17. The summed E-state index contributed by atoms with van der Waals surface area (Å²) in [6.45, 7) is 4.74. The number of rotatable bonds is 2. The number of anilines is 1. The summed E-state index contributed by atoms with van der Waals surface area (Å²) in [5.41, 5.74) is 1.03. The van der Waals surface area contributed by atoms with Gasteiger partial charge in [0.2, 0.25) is 5.91 Å². The molecule has 0 saturated carbocycles. The summed E-state index contributed by atoms with van der Waals surface area (Å²) < 4.78 is 0. The maximum absolute atomic E-state index is 12.4. The van der Waals surface area contributed by atoms with E-state index >= 15 is 0 Å². The van der Waals surface area contributed by atoms with Crippen LogP contribution in [-0.2, 0) is 4.79 Å². The van der Waals surface area contributed by atoms with Gasteiger partial charge in [0.15, 0.2) is 0 Å². The molecule has 6 heteroatoms. The van der Waals surface area contributed by atoms with E-state index in [4.69, 9.17) is 5.26 Å². The number of carbonyl (C=O) groups is 2. The number of benzene rings is 1. The Balaban J connectivity index is 2.14. The van der Waals surface area contributed by atoms with Gasteiger partial charge < -0.3 is 15.5 Å². The lowest BCUT2D eigenvalue weighted by molar-refractivity contribution is -0.129. The van der Waals surface area contributed by atoms with Gasteiger partial charge in [0.1, 0.15) is 6.04 Å². The number of nitrogens with zero attached hydrogens (tertiary/aromatic N) is 2. The van der Waals surface area contributed by atoms with E-state index in [-0.39, 0.29) is 17.9 Å². The summed E-state index contributed by atoms with van der Waals surface area (Å²) in [5, 5.41) is 14.4. The van der Waals surface area contributed by atoms with Crippen LogP contribution in [0.1, 0.15) is 19.4 Å². The Morgan fingerprint density at radius 3 is 2.95 bits per heavy atom. The molecule has 1 fully saturated rings. The molecule has 2 N–H and O–H groups in total. The smallest absolute Gasteiger partial charge is 0.322 e. The van der Waals surface area contributed by atoms with Crippen LogP contribution in [0.15, 0.2) is 24.3 Å². The predicted octanol–water partition coefficient (Wildman–Crippen LogP) is 1.55. The zero-order valence-corrected chi connectivity index (χ0v) is 12.1. The molecule has 1 saturated heterocycles. The highest BCUT2D eigenvalue weighted by atomic mass is 16.2. The summed E-state index contributed by atoms with van der Waals surface area (Å²) in [6, 6.07) is 7.92. The molecule has 0 spiro atoms. The number of hydrogen-bond donors (Lipinski definition) is 2. The van der Waals surface area contributed by atoms with Gasteiger partial charge in [-0.2, -0.15) is 5.26 Å². The van der Waals surface area contributed by atoms with Crippen LogP contribution in [0.2, 0.25) is 0 Å². The van der Waals surface area contributed by atoms with Gasteiger partial charge in [0.25, 0.3) is 0 Å². The SMILES string of the molecule is CC(C)[C@@H]1C(=O)NCCN1C(=O)Nc1cccc(C#N)c1. The molecular formula is C15H18N4O2. The lowest BCUT2D eigenvalue weighted by Crippen LogP contribution is -2.60. The van der Waals surface area contributed by atoms with Crippen LogP contribution in [0.5, 0.6) is 0 Å². The minimum absolute atomic E-state index is 0.0292. The molecule has 0 bridgehead atoms. The fourth-order valence-electron chi connectivity index (χ4n) is 2.44. The second-order valence-electron chi connectivity index (χ2n) is 5.30. The molecule has 3 amide bonds. The van der Waals surface area contributed by atoms with Gasteiger partial charge in [-0.05, 0) is 24.1 Å². The number of amides is 3. The van der Waals surface area contributed by atoms with E-state index in [1.807, 2.05) is 19.9 Å². The fraction of sp³-hybridized carbons (Fsp3) is 0.400. The van der Waals surface area contributed by atoms with Crippen molar-refractivity contribution in [2.45, 2.75) is 19.9 Å². The molecule has 21 heavy (non-hydrogen) atoms. The molecular weight excluding hydrogens is 268 g/mol. The molecule has 2 rings (SSSR count). The molecule has 1 aliphatic rings. The molecule has 1 aromatic carbocycles. The van der Waals surface area contributed by atoms with Gasteiger partial charge in [-0.25, -0.2) is 4.79 Å². The first-order valence-electron chi connectivity index (χ1n) is 6.88. The Morgan fingerprint density at radius 2 is 2.29 bits per heavy atom. The average molecular weight is 286 g/mol. The van der Waals surface area contributed by atoms with Crippen molar-refractivity contribution in [2.75, 3.05) is 18.4 Å². The van der Waals surface area contributed by atoms with Crippen molar-refractivity contribution in [3.63, 3.8) is 0 Å². The van der Waals surface area contributed by atoms with Crippen LogP contribution in [-0.4, -0.2) is 36.0 Å². The van der Waals surface area contributed by atoms with E-state index in [9.17, 15) is 9.59 Å². The predicted molar refractivity (Wildman–Crippen MR) is 78.5 cm³/mol. The second-order valence-corrected chi connectivity index (χ2v) is 5.30. The van der Waals surface area contributed by atoms with E-state index < -0.39 is 6.04 Å². The third-order valence-corrected chi connectivity index (χ3v) is 3.39. The van der Waals surface area contributed by atoms with Crippen molar-refractivity contribution >= 4 is 17.6 Å². The molecule has 1 aliphatic heterocycles. The van der Waals surface area contributed by atoms with E-state index in [0.29, 0.717) is 24.3 Å². The van der Waals surface area contributed by atoms with Gasteiger partial charge >= 0.3 is 6.03 Å². The Bertz CT molecular complexity index is 592. The minimum Gasteiger partial charge on any atom is -0.353 e. The zero-order chi connectivity index (χ0) is 15.4. The van der Waals surface area contributed by atoms with Gasteiger partial charge in [-0.3, -0.25) is 4.79 Å². The van der Waals surface area contributed by atoms with E-state index in [1.165, 1.54) is 0 Å². The standard InChI is InChI=1S/C15H18N4O2/c1-10(2)13-14(20)17-6-7-19(13)15(21)18-12-5-3-4-11(8-12)9-16/h3-5,8,10,13H,6-7H2,1-2H3,(H,17,20)(H,18,21)/t13-/m1/s1. The minimum atomic E-state index is -0.474. The number of hydrogen-bond acceptors (Lipinski definition) is 3. The largest absolute Gasteiger partial charge is 0.353 e. The summed E-state index contributed by atoms with van der Waals surface area (Å²) in [7, 11) is 0. The topological polar surface area (TPSA) is 85.2 Å². The monoisotopic (exact) mass is 286 g/mol. The molecule has 1 heterocycles. The van der Waals surface area contributed by atoms with Crippen LogP contribution < -0.4 is 10.6 Å². The van der Waals surface area contributed by atoms with Crippen molar-refractivity contribution in [3.8, 4) is 6.07 Å². The first-order chi connectivity index (χ1) is 10.0. The highest BCUT2D eigenvalue weighted by Gasteiger charge is 2.35. The third-order valence-electron chi connectivity index (χ3n) is 3.39. The van der Waals surface area contributed by atoms with Gasteiger partial charge in [-0.1, -0.05) is 19.9 Å². The van der Waals surface area contributed by atoms with Crippen LogP contribution in [0.3, 0.4) is 0 Å². The summed E-state index contributed by atoms with van der Waals surface area (Å²) in [5.74, 6) is -0.0985. The molecule has 6 nitrogen and oxygen atoms in total. The zero-order valence-electron chi connectivity index (χ0n) is 12.1. The van der Waals surface area contributed by atoms with Crippen molar-refractivity contribution in [2.24, 2.45) is 5.92 Å². The van der Waals surface area contributed by atoms with Crippen molar-refractivity contribution < 1.29 is 9.59 Å². The summed E-state index contributed by atoms with van der Waals surface area (Å²) >= 11 is 0. The number of carbonyl (C=O) groups excluding carboxylic acids is 2. The number of nitriles is 1. The van der Waals surface area contributed by atoms with E-state index in [1.54, 1.807) is 29.2 Å². The summed E-state index contributed by atoms with van der Waals surface area (Å²) in [4.78, 5) is 25.9.